The van der Waals surface area contributed by atoms with Crippen LogP contribution < -0.4 is 0 Å². The second kappa shape index (κ2) is 6.00. The number of rotatable bonds is 4. The van der Waals surface area contributed by atoms with Crippen LogP contribution in [0.15, 0.2) is 54.6 Å². The van der Waals surface area contributed by atoms with Crippen molar-refractivity contribution in [3.8, 4) is 11.5 Å². The third kappa shape index (κ3) is 2.89. The van der Waals surface area contributed by atoms with Crippen molar-refractivity contribution < 1.29 is 19.9 Å². The van der Waals surface area contributed by atoms with Gasteiger partial charge in [-0.15, -0.1) is 0 Å². The van der Waals surface area contributed by atoms with Crippen molar-refractivity contribution in [2.75, 3.05) is 0 Å². The molecule has 2 N–H and O–H groups in total. The van der Waals surface area contributed by atoms with Crippen LogP contribution in [-0.2, 0) is 6.42 Å². The number of carbonyl (C=O) groups excluding carboxylic acids is 1. The van der Waals surface area contributed by atoms with E-state index in [4.69, 9.17) is 0 Å². The highest BCUT2D eigenvalue weighted by atomic mass is 16.6. The molecular formula is C18H13NO5. The summed E-state index contributed by atoms with van der Waals surface area (Å²) in [5, 5.41) is 32.0. The molecule has 0 aliphatic heterocycles. The summed E-state index contributed by atoms with van der Waals surface area (Å²) in [5.74, 6) is -1.92. The van der Waals surface area contributed by atoms with Gasteiger partial charge in [-0.3, -0.25) is 14.9 Å². The van der Waals surface area contributed by atoms with Crippen molar-refractivity contribution >= 4 is 22.2 Å². The molecule has 0 bridgehead atoms. The molecular weight excluding hydrogens is 310 g/mol. The molecule has 3 aromatic carbocycles. The van der Waals surface area contributed by atoms with E-state index in [2.05, 4.69) is 0 Å². The lowest BCUT2D eigenvalue weighted by Crippen LogP contribution is -2.04. The average molecular weight is 323 g/mol. The second-order valence-corrected chi connectivity index (χ2v) is 5.40. The second-order valence-electron chi connectivity index (χ2n) is 5.40. The summed E-state index contributed by atoms with van der Waals surface area (Å²) in [6, 6.07) is 15.3. The Morgan fingerprint density at radius 2 is 1.71 bits per heavy atom. The monoisotopic (exact) mass is 323 g/mol. The minimum atomic E-state index is -0.845. The number of aromatic hydroxyl groups is 2. The first-order chi connectivity index (χ1) is 11.5. The van der Waals surface area contributed by atoms with Gasteiger partial charge in [0, 0.05) is 18.1 Å². The molecule has 0 saturated heterocycles. The smallest absolute Gasteiger partial charge is 0.315 e. The first kappa shape index (κ1) is 15.5. The minimum Gasteiger partial charge on any atom is -0.504 e. The van der Waals surface area contributed by atoms with Gasteiger partial charge in [0.25, 0.3) is 0 Å². The fraction of sp³-hybridized carbons (Fsp3) is 0.0556. The number of benzene rings is 3. The molecule has 0 aliphatic carbocycles. The molecule has 0 saturated carbocycles. The van der Waals surface area contributed by atoms with E-state index in [9.17, 15) is 25.1 Å². The fourth-order valence-electron chi connectivity index (χ4n) is 2.54. The van der Waals surface area contributed by atoms with Crippen molar-refractivity contribution in [1.29, 1.82) is 0 Å². The Morgan fingerprint density at radius 3 is 2.42 bits per heavy atom. The summed E-state index contributed by atoms with van der Waals surface area (Å²) in [7, 11) is 0. The Kier molecular flexibility index (Phi) is 3.87. The zero-order valence-corrected chi connectivity index (χ0v) is 12.5. The van der Waals surface area contributed by atoms with Gasteiger partial charge in [-0.05, 0) is 22.4 Å². The predicted octanol–water partition coefficient (Wildman–Crippen LogP) is 3.58. The van der Waals surface area contributed by atoms with Gasteiger partial charge in [0.15, 0.2) is 11.5 Å². The first-order valence-corrected chi connectivity index (χ1v) is 7.17. The number of hydrogen-bond donors (Lipinski definition) is 2. The van der Waals surface area contributed by atoms with Crippen molar-refractivity contribution in [2.45, 2.75) is 6.42 Å². The molecule has 0 atom stereocenters. The molecule has 24 heavy (non-hydrogen) atoms. The summed E-state index contributed by atoms with van der Waals surface area (Å²) in [6.45, 7) is 0. The van der Waals surface area contributed by atoms with Crippen LogP contribution in [0.2, 0.25) is 0 Å². The van der Waals surface area contributed by atoms with Gasteiger partial charge < -0.3 is 10.2 Å². The number of Topliss-reactive ketones (excluding diaryl/α,β-unsaturated/α-hetero) is 1. The molecule has 0 aromatic heterocycles. The van der Waals surface area contributed by atoms with Crippen molar-refractivity contribution in [1.82, 2.24) is 0 Å². The van der Waals surface area contributed by atoms with Crippen LogP contribution in [0.1, 0.15) is 15.9 Å². The van der Waals surface area contributed by atoms with Crippen LogP contribution in [0.5, 0.6) is 11.5 Å². The zero-order chi connectivity index (χ0) is 17.3. The predicted molar refractivity (Wildman–Crippen MR) is 88.4 cm³/mol. The number of nitro benzene ring substituents is 1. The molecule has 0 unspecified atom stereocenters. The number of ketones is 1. The Morgan fingerprint density at radius 1 is 1.00 bits per heavy atom. The Balaban J connectivity index is 1.92. The van der Waals surface area contributed by atoms with Gasteiger partial charge in [-0.1, -0.05) is 42.5 Å². The van der Waals surface area contributed by atoms with Crippen LogP contribution >= 0.6 is 0 Å². The quantitative estimate of drug-likeness (QED) is 0.331. The van der Waals surface area contributed by atoms with Gasteiger partial charge in [-0.2, -0.15) is 0 Å². The molecule has 120 valence electrons. The van der Waals surface area contributed by atoms with Crippen LogP contribution in [-0.4, -0.2) is 20.9 Å². The number of nitro groups is 1. The molecule has 6 heteroatoms. The van der Waals surface area contributed by atoms with Crippen molar-refractivity contribution in [2.24, 2.45) is 0 Å². The van der Waals surface area contributed by atoms with Crippen LogP contribution in [0.4, 0.5) is 5.69 Å². The Bertz CT molecular complexity index is 965. The third-order valence-electron chi connectivity index (χ3n) is 3.77. The van der Waals surface area contributed by atoms with E-state index >= 15 is 0 Å². The fourth-order valence-corrected chi connectivity index (χ4v) is 2.54. The number of phenols is 2. The first-order valence-electron chi connectivity index (χ1n) is 7.17. The summed E-state index contributed by atoms with van der Waals surface area (Å²) in [5.41, 5.74) is 0.0379. The molecule has 0 spiro atoms. The largest absolute Gasteiger partial charge is 0.504 e. The van der Waals surface area contributed by atoms with E-state index < -0.39 is 22.1 Å². The summed E-state index contributed by atoms with van der Waals surface area (Å²) in [4.78, 5) is 22.4. The average Bonchev–Trinajstić information content (AvgIpc) is 2.56. The summed E-state index contributed by atoms with van der Waals surface area (Å²) < 4.78 is 0. The van der Waals surface area contributed by atoms with Crippen molar-refractivity contribution in [3.63, 3.8) is 0 Å². The van der Waals surface area contributed by atoms with Gasteiger partial charge in [-0.25, -0.2) is 0 Å². The SMILES string of the molecule is O=C(Cc1ccc2ccccc2c1)c1cc(O)c(O)c([N+](=O)[O-])c1. The van der Waals surface area contributed by atoms with Gasteiger partial charge in [0.05, 0.1) is 4.92 Å². The maximum atomic E-state index is 12.4. The van der Waals surface area contributed by atoms with E-state index in [1.54, 1.807) is 0 Å². The lowest BCUT2D eigenvalue weighted by Gasteiger charge is -2.06. The highest BCUT2D eigenvalue weighted by Crippen LogP contribution is 2.36. The number of phenolic OH excluding ortho intramolecular Hbond substituents is 2. The third-order valence-corrected chi connectivity index (χ3v) is 3.77. The van der Waals surface area contributed by atoms with Gasteiger partial charge in [0.1, 0.15) is 0 Å². The number of hydrogen-bond acceptors (Lipinski definition) is 5. The zero-order valence-electron chi connectivity index (χ0n) is 12.5. The lowest BCUT2D eigenvalue weighted by molar-refractivity contribution is -0.386. The maximum absolute atomic E-state index is 12.4. The minimum absolute atomic E-state index is 0.0230. The van der Waals surface area contributed by atoms with E-state index in [0.29, 0.717) is 0 Å². The molecule has 0 heterocycles. The highest BCUT2D eigenvalue weighted by Gasteiger charge is 2.21. The van der Waals surface area contributed by atoms with E-state index in [1.807, 2.05) is 42.5 Å². The maximum Gasteiger partial charge on any atom is 0.315 e. The summed E-state index contributed by atoms with van der Waals surface area (Å²) >= 11 is 0. The normalized spacial score (nSPS) is 10.7. The lowest BCUT2D eigenvalue weighted by atomic mass is 9.99. The number of carbonyl (C=O) groups is 1. The van der Waals surface area contributed by atoms with E-state index in [-0.39, 0.29) is 17.8 Å². The molecule has 6 nitrogen and oxygen atoms in total. The summed E-state index contributed by atoms with van der Waals surface area (Å²) in [6.07, 6.45) is 0.0339. The highest BCUT2D eigenvalue weighted by molar-refractivity contribution is 5.99. The number of fused-ring (bicyclic) bond motifs is 1. The topological polar surface area (TPSA) is 101 Å². The van der Waals surface area contributed by atoms with Crippen LogP contribution in [0.25, 0.3) is 10.8 Å². The van der Waals surface area contributed by atoms with Gasteiger partial charge in [0.2, 0.25) is 5.75 Å². The molecule has 0 radical (unpaired) electrons. The molecule has 3 rings (SSSR count). The molecule has 0 fully saturated rings. The molecule has 0 amide bonds. The molecule has 3 aromatic rings. The Hall–Kier alpha value is -3.41. The molecule has 0 aliphatic rings. The van der Waals surface area contributed by atoms with Gasteiger partial charge >= 0.3 is 5.69 Å². The standard InChI is InChI=1S/C18H13NO5/c20-16(14-9-15(19(23)24)18(22)17(21)10-14)8-11-5-6-12-3-1-2-4-13(12)7-11/h1-7,9-10,21-22H,8H2. The van der Waals surface area contributed by atoms with Crippen LogP contribution in [0, 0.1) is 10.1 Å². The van der Waals surface area contributed by atoms with E-state index in [0.717, 1.165) is 28.5 Å². The van der Waals surface area contributed by atoms with Crippen LogP contribution in [0.3, 0.4) is 0 Å². The Labute approximate surface area is 136 Å². The number of nitrogens with zero attached hydrogens (tertiary/aromatic N) is 1. The van der Waals surface area contributed by atoms with E-state index in [1.165, 1.54) is 0 Å². The van der Waals surface area contributed by atoms with Crippen molar-refractivity contribution in [3.05, 3.63) is 75.8 Å².